The quantitative estimate of drug-likeness (QED) is 0.00561. The van der Waals surface area contributed by atoms with Crippen LogP contribution in [0.25, 0.3) is 0 Å². The fourth-order valence-electron chi connectivity index (χ4n) is 10.3. The molecule has 42 heteroatoms. The highest BCUT2D eigenvalue weighted by atomic mass is 35.5. The molecule has 0 aliphatic carbocycles. The lowest BCUT2D eigenvalue weighted by molar-refractivity contribution is -0.213. The Morgan fingerprint density at radius 1 is 0.526 bits per heavy atom. The fourth-order valence-corrected chi connectivity index (χ4v) is 12.5. The molecule has 7 aromatic heterocycles. The van der Waals surface area contributed by atoms with Crippen LogP contribution < -0.4 is 47.6 Å². The van der Waals surface area contributed by atoms with Gasteiger partial charge in [0.15, 0.2) is 21.2 Å². The minimum absolute atomic E-state index is 0.0371. The predicted octanol–water partition coefficient (Wildman–Crippen LogP) is 9.66. The highest BCUT2D eigenvalue weighted by Crippen LogP contribution is 2.26. The zero-order chi connectivity index (χ0) is 82.9. The summed E-state index contributed by atoms with van der Waals surface area (Å²) in [5, 5.41) is 27.9. The number of hydrogen-bond donors (Lipinski definition) is 8. The second-order valence-corrected chi connectivity index (χ2v) is 27.8. The lowest BCUT2D eigenvalue weighted by Gasteiger charge is -2.26. The van der Waals surface area contributed by atoms with Crippen LogP contribution in [-0.2, 0) is 42.4 Å². The first-order chi connectivity index (χ1) is 54.4. The van der Waals surface area contributed by atoms with Gasteiger partial charge in [0.25, 0.3) is 40.7 Å². The summed E-state index contributed by atoms with van der Waals surface area (Å²) in [6.07, 6.45) is 10.5. The number of rotatable bonds is 23. The van der Waals surface area contributed by atoms with Gasteiger partial charge in [0, 0.05) is 142 Å². The number of carbonyl (C=O) groups excluding carboxylic acids is 9. The molecule has 0 spiro atoms. The molecule has 0 atom stereocenters. The maximum atomic E-state index is 13.9. The van der Waals surface area contributed by atoms with E-state index in [4.69, 9.17) is 43.3 Å². The smallest absolute Gasteiger partial charge is 0.350 e. The van der Waals surface area contributed by atoms with Crippen LogP contribution in [0.2, 0.25) is 0 Å². The van der Waals surface area contributed by atoms with Crippen molar-refractivity contribution in [3.8, 4) is 0 Å². The van der Waals surface area contributed by atoms with Gasteiger partial charge in [-0.25, -0.2) is 46.1 Å². The lowest BCUT2D eigenvalue weighted by Crippen LogP contribution is -2.41. The number of hydrogen-bond acceptors (Lipinski definition) is 24. The molecule has 2 fully saturated rings. The van der Waals surface area contributed by atoms with Crippen LogP contribution >= 0.6 is 57.4 Å². The minimum Gasteiger partial charge on any atom is -0.857 e. The molecule has 0 saturated carbocycles. The number of ketones is 1. The van der Waals surface area contributed by atoms with Crippen molar-refractivity contribution in [2.75, 3.05) is 123 Å². The molecule has 10 aromatic rings. The number of morpholine rings is 2. The second-order valence-electron chi connectivity index (χ2n) is 24.2. The number of halogens is 8. The summed E-state index contributed by atoms with van der Waals surface area (Å²) < 4.78 is 99.7. The van der Waals surface area contributed by atoms with E-state index in [9.17, 15) is 74.6 Å². The normalized spacial score (nSPS) is 12.7. The number of thiazole rings is 3. The van der Waals surface area contributed by atoms with E-state index in [1.54, 1.807) is 91.8 Å². The summed E-state index contributed by atoms with van der Waals surface area (Å²) >= 11 is 13.5. The van der Waals surface area contributed by atoms with E-state index in [-0.39, 0.29) is 67.0 Å². The van der Waals surface area contributed by atoms with Crippen molar-refractivity contribution in [1.29, 1.82) is 0 Å². The summed E-state index contributed by atoms with van der Waals surface area (Å²) in [5.41, 5.74) is 7.73. The van der Waals surface area contributed by atoms with Gasteiger partial charge in [-0.2, -0.15) is 0 Å². The van der Waals surface area contributed by atoms with Gasteiger partial charge >= 0.3 is 5.97 Å². The number of aliphatic imine (C=N–C) groups is 1. The molecule has 2 aliphatic rings. The Morgan fingerprint density at radius 2 is 0.939 bits per heavy atom. The number of carbonyl (C=O) groups is 9. The van der Waals surface area contributed by atoms with Gasteiger partial charge in [0.1, 0.15) is 61.7 Å². The van der Waals surface area contributed by atoms with E-state index in [1.807, 2.05) is 0 Å². The lowest BCUT2D eigenvalue weighted by atomic mass is 10.2. The zero-order valence-corrected chi connectivity index (χ0v) is 65.3. The van der Waals surface area contributed by atoms with Crippen LogP contribution in [0.4, 0.5) is 64.5 Å². The Hall–Kier alpha value is -11.6. The molecule has 114 heavy (non-hydrogen) atoms. The molecule has 9 heterocycles. The monoisotopic (exact) mass is 1680 g/mol. The van der Waals surface area contributed by atoms with Crippen LogP contribution in [0.15, 0.2) is 127 Å². The van der Waals surface area contributed by atoms with Gasteiger partial charge in [-0.15, -0.1) is 0 Å². The Bertz CT molecular complexity index is 5130. The number of ether oxygens (including phenoxy) is 3. The van der Waals surface area contributed by atoms with Gasteiger partial charge in [-0.05, 0) is 79.2 Å². The SMILES string of the molecule is CC(=O)c1cnc(NC(=O)c2ccc(F)cc2F)s1.CCOC(=O)c1cnc(N)s1.Cn1cc(NC(=O)c2cc(NC(=O)c3cnc(NC(=O)c4ccc(F)cc4F)s3)cn2C)cc1C(=O)NCCN1CCOCC1.Cn1cc(NCl)cc1C(=O)Nc1cc(C([O-])=NCCN2CCOCC2)n(C)c1.O=C(Cl)c1ccc(F)cc1F. The number of esters is 1. The highest BCUT2D eigenvalue weighted by molar-refractivity contribution is 7.18. The van der Waals surface area contributed by atoms with E-state index in [2.05, 4.69) is 66.5 Å². The molecule has 0 radical (unpaired) electrons. The van der Waals surface area contributed by atoms with Crippen LogP contribution in [0.3, 0.4) is 0 Å². The highest BCUT2D eigenvalue weighted by Gasteiger charge is 2.23. The molecule has 6 amide bonds. The van der Waals surface area contributed by atoms with Gasteiger partial charge in [-0.1, -0.05) is 34.0 Å². The molecular formula is C72H73Cl2F6N18O13S3-. The number of benzene rings is 3. The third-order valence-electron chi connectivity index (χ3n) is 15.9. The molecule has 0 unspecified atom stereocenters. The first-order valence-electron chi connectivity index (χ1n) is 33.9. The number of anilines is 7. The van der Waals surface area contributed by atoms with Gasteiger partial charge < -0.3 is 64.6 Å². The van der Waals surface area contributed by atoms with Crippen molar-refractivity contribution >= 4 is 154 Å². The number of nitrogens with two attached hydrogens (primary N) is 1. The van der Waals surface area contributed by atoms with Crippen molar-refractivity contribution in [3.05, 3.63) is 211 Å². The maximum Gasteiger partial charge on any atom is 0.350 e. The number of aromatic nitrogens is 7. The van der Waals surface area contributed by atoms with Gasteiger partial charge in [0.05, 0.1) is 108 Å². The van der Waals surface area contributed by atoms with Crippen molar-refractivity contribution < 1.29 is 88.8 Å². The number of nitrogens with zero attached hydrogens (tertiary/aromatic N) is 10. The van der Waals surface area contributed by atoms with E-state index in [1.165, 1.54) is 36.1 Å². The summed E-state index contributed by atoms with van der Waals surface area (Å²) in [5.74, 6) is -9.23. The topological polar surface area (TPSA) is 392 Å². The predicted molar refractivity (Wildman–Crippen MR) is 415 cm³/mol. The number of amides is 6. The molecule has 12 rings (SSSR count). The summed E-state index contributed by atoms with van der Waals surface area (Å²) in [6.45, 7) is 12.1. The molecular weight excluding hydrogens is 1610 g/mol. The van der Waals surface area contributed by atoms with Gasteiger partial charge in [0.2, 0.25) is 0 Å². The summed E-state index contributed by atoms with van der Waals surface area (Å²) in [4.78, 5) is 131. The minimum atomic E-state index is -1.03. The van der Waals surface area contributed by atoms with Crippen molar-refractivity contribution in [1.82, 2.24) is 48.3 Å². The van der Waals surface area contributed by atoms with Crippen LogP contribution in [0.1, 0.15) is 111 Å². The Balaban J connectivity index is 0.000000199. The average molecular weight is 1680 g/mol. The molecule has 2 saturated heterocycles. The number of nitrogens with one attached hydrogen (secondary N) is 7. The molecule has 3 aromatic carbocycles. The van der Waals surface area contributed by atoms with Crippen molar-refractivity contribution in [2.45, 2.75) is 13.8 Å². The maximum absolute atomic E-state index is 13.9. The van der Waals surface area contributed by atoms with Gasteiger partial charge in [-0.3, -0.25) is 68.6 Å². The largest absolute Gasteiger partial charge is 0.857 e. The number of aryl methyl sites for hydroxylation is 4. The average Bonchev–Trinajstić information content (AvgIpc) is 1.61. The first-order valence-corrected chi connectivity index (χ1v) is 37.1. The Morgan fingerprint density at radius 3 is 1.37 bits per heavy atom. The molecule has 9 N–H and O–H groups in total. The van der Waals surface area contributed by atoms with Crippen LogP contribution in [0, 0.1) is 34.9 Å². The number of Topliss-reactive ketones (excluding diaryl/α,β-unsaturated/α-hetero) is 1. The summed E-state index contributed by atoms with van der Waals surface area (Å²) in [7, 11) is 6.84. The first kappa shape index (κ1) is 87.9. The van der Waals surface area contributed by atoms with E-state index < -0.39 is 63.8 Å². The molecule has 31 nitrogen and oxygen atoms in total. The third kappa shape index (κ3) is 26.0. The van der Waals surface area contributed by atoms with Crippen LogP contribution in [-0.4, -0.2) is 187 Å². The Kier molecular flexibility index (Phi) is 32.6. The van der Waals surface area contributed by atoms with Crippen molar-refractivity contribution in [3.63, 3.8) is 0 Å². The fraction of sp³-hybridized carbons (Fsp3) is 0.264. The third-order valence-corrected chi connectivity index (χ3v) is 19.1. The Labute approximate surface area is 668 Å². The second kappa shape index (κ2) is 42.3. The van der Waals surface area contributed by atoms with Crippen LogP contribution in [0.5, 0.6) is 0 Å². The van der Waals surface area contributed by atoms with Crippen molar-refractivity contribution in [2.24, 2.45) is 33.2 Å². The number of nitrogen functional groups attached to an aromatic ring is 1. The zero-order valence-electron chi connectivity index (χ0n) is 61.3. The van der Waals surface area contributed by atoms with E-state index in [0.717, 1.165) is 123 Å². The standard InChI is InChI=1S/C29H30F2N8O5S.C18H25ClN6O3.C12H8F2N2O2S.C7H3ClF2O.C6H8N2O2S/c1-37-15-18(12-22(37)26(41)32-5-6-39-7-9-44-10-8-39)34-27(42)23-13-19(16-38(23)2)35-28(43)24-14-33-29(45-24)36-25(40)20-4-3-17(30)11-21(20)31;1-23-11-13(21-18(27)16-10-14(22-19)12-24(16)2)9-15(23)17(26)20-3-4-25-5-7-28-8-6-25;1-6(17)10-5-15-12(19-10)16-11(18)8-3-2-7(13)4-9(8)14;8-7(11)5-2-1-4(9)3-6(5)10;1-2-10-5(9)4-3-8-6(7)11-4/h3-4,11-16H,5-10H2,1-2H3,(H,32,41)(H,34,42)(H,35,43)(H,33,36,40);9-12,22H,3-8H2,1-2H3,(H,20,26)(H,21,27);2-5H,1H3,(H,15,16,18);1-3H;3H,2H2,1H3,(H2,7,8)/p-1. The molecule has 0 bridgehead atoms. The van der Waals surface area contributed by atoms with E-state index >= 15 is 0 Å². The summed E-state index contributed by atoms with van der Waals surface area (Å²) in [6, 6.07) is 14.1. The molecule has 2 aliphatic heterocycles. The molecule has 604 valence electrons. The van der Waals surface area contributed by atoms with E-state index in [0.29, 0.717) is 106 Å².